The van der Waals surface area contributed by atoms with E-state index in [1.54, 1.807) is 0 Å². The molecule has 0 unspecified atom stereocenters. The first-order chi connectivity index (χ1) is 8.91. The standard InChI is InChI=1S/C14H27N3O2/c1-10(2)19-12-9-11(14(12,3)4)16-13(15)17-5-7-18-8-6-17/h10-12H,5-9H2,1-4H3,(H2,15,16)/t11-,12-/m1/s1. The molecule has 1 aliphatic heterocycles. The zero-order chi connectivity index (χ0) is 14.0. The highest BCUT2D eigenvalue weighted by atomic mass is 16.5. The average Bonchev–Trinajstić information content (AvgIpc) is 2.38. The highest BCUT2D eigenvalue weighted by Gasteiger charge is 2.49. The van der Waals surface area contributed by atoms with Gasteiger partial charge in [0.05, 0.1) is 31.5 Å². The zero-order valence-electron chi connectivity index (χ0n) is 12.6. The number of hydrogen-bond acceptors (Lipinski definition) is 3. The highest BCUT2D eigenvalue weighted by Crippen LogP contribution is 2.45. The van der Waals surface area contributed by atoms with Gasteiger partial charge in [0, 0.05) is 18.5 Å². The van der Waals surface area contributed by atoms with Gasteiger partial charge in [0.15, 0.2) is 5.96 Å². The van der Waals surface area contributed by atoms with Crippen molar-refractivity contribution in [2.75, 3.05) is 26.3 Å². The predicted octanol–water partition coefficient (Wildman–Crippen LogP) is 1.23. The smallest absolute Gasteiger partial charge is 0.191 e. The second kappa shape index (κ2) is 5.67. The van der Waals surface area contributed by atoms with E-state index in [4.69, 9.17) is 20.2 Å². The van der Waals surface area contributed by atoms with Crippen molar-refractivity contribution in [1.29, 1.82) is 0 Å². The third-order valence-corrected chi connectivity index (χ3v) is 4.19. The molecule has 1 saturated carbocycles. The molecule has 1 heterocycles. The van der Waals surface area contributed by atoms with Crippen LogP contribution < -0.4 is 5.73 Å². The fourth-order valence-electron chi connectivity index (χ4n) is 2.68. The van der Waals surface area contributed by atoms with Crippen molar-refractivity contribution in [3.8, 4) is 0 Å². The number of aliphatic imine (C=N–C) groups is 1. The van der Waals surface area contributed by atoms with E-state index in [0.29, 0.717) is 12.1 Å². The monoisotopic (exact) mass is 269 g/mol. The number of ether oxygens (including phenoxy) is 2. The summed E-state index contributed by atoms with van der Waals surface area (Å²) >= 11 is 0. The Morgan fingerprint density at radius 1 is 1.37 bits per heavy atom. The Bertz CT molecular complexity index is 336. The Balaban J connectivity index is 1.92. The summed E-state index contributed by atoms with van der Waals surface area (Å²) in [5.74, 6) is 0.657. The predicted molar refractivity (Wildman–Crippen MR) is 76.2 cm³/mol. The largest absolute Gasteiger partial charge is 0.378 e. The molecule has 0 radical (unpaired) electrons. The molecule has 19 heavy (non-hydrogen) atoms. The van der Waals surface area contributed by atoms with Gasteiger partial charge in [0.25, 0.3) is 0 Å². The molecule has 0 amide bonds. The maximum Gasteiger partial charge on any atom is 0.191 e. The number of nitrogens with zero attached hydrogens (tertiary/aromatic N) is 2. The van der Waals surface area contributed by atoms with E-state index < -0.39 is 0 Å². The summed E-state index contributed by atoms with van der Waals surface area (Å²) in [5, 5.41) is 0. The van der Waals surface area contributed by atoms with E-state index in [0.717, 1.165) is 32.7 Å². The Labute approximate surface area is 116 Å². The van der Waals surface area contributed by atoms with E-state index in [1.165, 1.54) is 0 Å². The normalized spacial score (nSPS) is 31.4. The first-order valence-electron chi connectivity index (χ1n) is 7.22. The van der Waals surface area contributed by atoms with Crippen LogP contribution in [-0.2, 0) is 9.47 Å². The van der Waals surface area contributed by atoms with Crippen LogP contribution in [0.2, 0.25) is 0 Å². The van der Waals surface area contributed by atoms with Gasteiger partial charge >= 0.3 is 0 Å². The van der Waals surface area contributed by atoms with Crippen LogP contribution in [0.25, 0.3) is 0 Å². The molecular formula is C14H27N3O2. The van der Waals surface area contributed by atoms with Crippen LogP contribution in [0.4, 0.5) is 0 Å². The van der Waals surface area contributed by atoms with Crippen LogP contribution in [0.3, 0.4) is 0 Å². The van der Waals surface area contributed by atoms with Crippen LogP contribution in [0, 0.1) is 5.41 Å². The molecule has 2 aliphatic rings. The van der Waals surface area contributed by atoms with Crippen LogP contribution in [0.15, 0.2) is 4.99 Å². The molecule has 1 saturated heterocycles. The Morgan fingerprint density at radius 2 is 2.00 bits per heavy atom. The van der Waals surface area contributed by atoms with E-state index in [2.05, 4.69) is 32.6 Å². The molecule has 0 aromatic rings. The molecular weight excluding hydrogens is 242 g/mol. The summed E-state index contributed by atoms with van der Waals surface area (Å²) in [4.78, 5) is 6.81. The second-order valence-electron chi connectivity index (χ2n) is 6.33. The zero-order valence-corrected chi connectivity index (χ0v) is 12.6. The van der Waals surface area contributed by atoms with Gasteiger partial charge in [-0.05, 0) is 20.3 Å². The summed E-state index contributed by atoms with van der Waals surface area (Å²) in [7, 11) is 0. The Hall–Kier alpha value is -0.810. The lowest BCUT2D eigenvalue weighted by Gasteiger charge is -2.50. The first kappa shape index (κ1) is 14.6. The maximum atomic E-state index is 6.11. The van der Waals surface area contributed by atoms with E-state index in [9.17, 15) is 0 Å². The van der Waals surface area contributed by atoms with Crippen molar-refractivity contribution < 1.29 is 9.47 Å². The molecule has 0 bridgehead atoms. The number of morpholine rings is 1. The maximum absolute atomic E-state index is 6.11. The van der Waals surface area contributed by atoms with Crippen LogP contribution in [0.1, 0.15) is 34.1 Å². The third kappa shape index (κ3) is 3.20. The van der Waals surface area contributed by atoms with Crippen molar-refractivity contribution in [2.24, 2.45) is 16.1 Å². The molecule has 0 spiro atoms. The SMILES string of the molecule is CC(C)O[C@@H]1C[C@@H](N=C(N)N2CCOCC2)C1(C)C. The average molecular weight is 269 g/mol. The fourth-order valence-corrected chi connectivity index (χ4v) is 2.68. The lowest BCUT2D eigenvalue weighted by atomic mass is 9.64. The van der Waals surface area contributed by atoms with Crippen molar-refractivity contribution in [1.82, 2.24) is 4.90 Å². The summed E-state index contributed by atoms with van der Waals surface area (Å²) in [6.07, 6.45) is 1.53. The Kier molecular flexibility index (Phi) is 4.36. The summed E-state index contributed by atoms with van der Waals surface area (Å²) in [5.41, 5.74) is 6.18. The summed E-state index contributed by atoms with van der Waals surface area (Å²) in [6, 6.07) is 0.263. The topological polar surface area (TPSA) is 60.1 Å². The molecule has 2 rings (SSSR count). The van der Waals surface area contributed by atoms with Crippen LogP contribution >= 0.6 is 0 Å². The number of nitrogens with two attached hydrogens (primary N) is 1. The van der Waals surface area contributed by atoms with Crippen molar-refractivity contribution in [3.63, 3.8) is 0 Å². The Morgan fingerprint density at radius 3 is 2.53 bits per heavy atom. The molecule has 2 atom stereocenters. The van der Waals surface area contributed by atoms with Gasteiger partial charge in [-0.1, -0.05) is 13.8 Å². The molecule has 110 valence electrons. The second-order valence-corrected chi connectivity index (χ2v) is 6.33. The molecule has 5 heteroatoms. The summed E-state index contributed by atoms with van der Waals surface area (Å²) < 4.78 is 11.2. The van der Waals surface area contributed by atoms with Crippen molar-refractivity contribution >= 4 is 5.96 Å². The van der Waals surface area contributed by atoms with Crippen LogP contribution in [0.5, 0.6) is 0 Å². The minimum Gasteiger partial charge on any atom is -0.378 e. The fraction of sp³-hybridized carbons (Fsp3) is 0.929. The van der Waals surface area contributed by atoms with Gasteiger partial charge in [0.1, 0.15) is 0 Å². The number of hydrogen-bond donors (Lipinski definition) is 1. The number of guanidine groups is 1. The lowest BCUT2D eigenvalue weighted by Crippen LogP contribution is -2.56. The van der Waals surface area contributed by atoms with Gasteiger partial charge in [-0.25, -0.2) is 4.99 Å². The van der Waals surface area contributed by atoms with Crippen molar-refractivity contribution in [3.05, 3.63) is 0 Å². The van der Waals surface area contributed by atoms with Crippen LogP contribution in [-0.4, -0.2) is 55.4 Å². The van der Waals surface area contributed by atoms with Crippen molar-refractivity contribution in [2.45, 2.75) is 52.4 Å². The molecule has 2 N–H and O–H groups in total. The third-order valence-electron chi connectivity index (χ3n) is 4.19. The number of rotatable bonds is 3. The molecule has 0 aromatic carbocycles. The van der Waals surface area contributed by atoms with Gasteiger partial charge in [-0.3, -0.25) is 0 Å². The summed E-state index contributed by atoms with van der Waals surface area (Å²) in [6.45, 7) is 11.7. The molecule has 0 aromatic heterocycles. The van der Waals surface area contributed by atoms with Gasteiger partial charge in [-0.15, -0.1) is 0 Å². The molecule has 5 nitrogen and oxygen atoms in total. The highest BCUT2D eigenvalue weighted by molar-refractivity contribution is 5.78. The van der Waals surface area contributed by atoms with Gasteiger partial charge in [0.2, 0.25) is 0 Å². The van der Waals surface area contributed by atoms with Gasteiger partial charge < -0.3 is 20.1 Å². The van der Waals surface area contributed by atoms with E-state index in [-0.39, 0.29) is 17.6 Å². The van der Waals surface area contributed by atoms with E-state index in [1.807, 2.05) is 0 Å². The van der Waals surface area contributed by atoms with Gasteiger partial charge in [-0.2, -0.15) is 0 Å². The quantitative estimate of drug-likeness (QED) is 0.618. The molecule has 2 fully saturated rings. The first-order valence-corrected chi connectivity index (χ1v) is 7.22. The minimum atomic E-state index is 0.0706. The lowest BCUT2D eigenvalue weighted by molar-refractivity contribution is -0.129. The molecule has 1 aliphatic carbocycles. The minimum absolute atomic E-state index is 0.0706. The van der Waals surface area contributed by atoms with E-state index >= 15 is 0 Å².